The van der Waals surface area contributed by atoms with Crippen molar-refractivity contribution in [2.24, 2.45) is 0 Å². The first kappa shape index (κ1) is 14.8. The lowest BCUT2D eigenvalue weighted by atomic mass is 10.2. The highest BCUT2D eigenvalue weighted by atomic mass is 79.9. The molecule has 0 saturated carbocycles. The van der Waals surface area contributed by atoms with E-state index in [4.69, 9.17) is 4.42 Å². The number of halogens is 1. The zero-order valence-corrected chi connectivity index (χ0v) is 14.6. The van der Waals surface area contributed by atoms with Crippen LogP contribution in [0.3, 0.4) is 0 Å². The maximum atomic E-state index is 12.5. The monoisotopic (exact) mass is 388 g/mol. The SMILES string of the molecule is O=C(CSc1nc2ccccc2o1)N1CCc2cc(Br)ccc21. The van der Waals surface area contributed by atoms with Crippen molar-refractivity contribution in [3.05, 3.63) is 52.5 Å². The molecule has 4 rings (SSSR count). The van der Waals surface area contributed by atoms with Crippen LogP contribution in [0.4, 0.5) is 5.69 Å². The van der Waals surface area contributed by atoms with Gasteiger partial charge in [-0.3, -0.25) is 4.79 Å². The van der Waals surface area contributed by atoms with E-state index in [1.165, 1.54) is 17.3 Å². The van der Waals surface area contributed by atoms with E-state index in [2.05, 4.69) is 27.0 Å². The van der Waals surface area contributed by atoms with Crippen LogP contribution in [0, 0.1) is 0 Å². The smallest absolute Gasteiger partial charge is 0.257 e. The number of hydrogen-bond donors (Lipinski definition) is 0. The van der Waals surface area contributed by atoms with Crippen molar-refractivity contribution in [1.29, 1.82) is 0 Å². The van der Waals surface area contributed by atoms with Gasteiger partial charge in [0.15, 0.2) is 5.58 Å². The van der Waals surface area contributed by atoms with Crippen LogP contribution >= 0.6 is 27.7 Å². The Hall–Kier alpha value is -1.79. The van der Waals surface area contributed by atoms with Crippen molar-refractivity contribution in [3.8, 4) is 0 Å². The van der Waals surface area contributed by atoms with Crippen LogP contribution in [0.1, 0.15) is 5.56 Å². The Kier molecular flexibility index (Phi) is 3.87. The first-order valence-electron chi connectivity index (χ1n) is 7.28. The molecule has 0 radical (unpaired) electrons. The summed E-state index contributed by atoms with van der Waals surface area (Å²) < 4.78 is 6.69. The van der Waals surface area contributed by atoms with Gasteiger partial charge in [-0.15, -0.1) is 0 Å². The summed E-state index contributed by atoms with van der Waals surface area (Å²) in [7, 11) is 0. The van der Waals surface area contributed by atoms with E-state index < -0.39 is 0 Å². The van der Waals surface area contributed by atoms with Crippen LogP contribution < -0.4 is 4.90 Å². The molecule has 23 heavy (non-hydrogen) atoms. The summed E-state index contributed by atoms with van der Waals surface area (Å²) in [5.41, 5.74) is 3.79. The van der Waals surface area contributed by atoms with Crippen molar-refractivity contribution in [2.45, 2.75) is 11.6 Å². The second-order valence-corrected chi connectivity index (χ2v) is 7.15. The number of oxazole rings is 1. The summed E-state index contributed by atoms with van der Waals surface area (Å²) >= 11 is 4.81. The minimum Gasteiger partial charge on any atom is -0.431 e. The predicted octanol–water partition coefficient (Wildman–Crippen LogP) is 4.27. The zero-order chi connectivity index (χ0) is 15.8. The first-order chi connectivity index (χ1) is 11.2. The van der Waals surface area contributed by atoms with E-state index in [1.54, 1.807) is 0 Å². The minimum absolute atomic E-state index is 0.0818. The van der Waals surface area contributed by atoms with Crippen molar-refractivity contribution >= 4 is 50.4 Å². The molecule has 0 spiro atoms. The van der Waals surface area contributed by atoms with Crippen LogP contribution in [0.15, 0.2) is 56.6 Å². The molecule has 0 fully saturated rings. The summed E-state index contributed by atoms with van der Waals surface area (Å²) in [5, 5.41) is 0.537. The number of aromatic nitrogens is 1. The van der Waals surface area contributed by atoms with E-state index in [9.17, 15) is 4.79 Å². The third-order valence-electron chi connectivity index (χ3n) is 3.83. The van der Waals surface area contributed by atoms with Crippen molar-refractivity contribution in [1.82, 2.24) is 4.98 Å². The number of anilines is 1. The fraction of sp³-hybridized carbons (Fsp3) is 0.176. The van der Waals surface area contributed by atoms with E-state index in [0.29, 0.717) is 11.0 Å². The molecule has 1 aromatic heterocycles. The second-order valence-electron chi connectivity index (χ2n) is 5.30. The highest BCUT2D eigenvalue weighted by Crippen LogP contribution is 2.31. The molecule has 6 heteroatoms. The molecule has 0 aliphatic carbocycles. The topological polar surface area (TPSA) is 46.3 Å². The Labute approximate surface area is 146 Å². The van der Waals surface area contributed by atoms with Gasteiger partial charge in [0.05, 0.1) is 5.75 Å². The highest BCUT2D eigenvalue weighted by molar-refractivity contribution is 9.10. The molecule has 116 valence electrons. The Bertz CT molecular complexity index is 860. The van der Waals surface area contributed by atoms with Crippen LogP contribution in [-0.4, -0.2) is 23.2 Å². The molecule has 0 N–H and O–H groups in total. The number of thioether (sulfide) groups is 1. The van der Waals surface area contributed by atoms with Gasteiger partial charge in [-0.2, -0.15) is 0 Å². The molecule has 2 heterocycles. The molecule has 1 aliphatic heterocycles. The normalized spacial score (nSPS) is 13.5. The van der Waals surface area contributed by atoms with Crippen molar-refractivity contribution < 1.29 is 9.21 Å². The lowest BCUT2D eigenvalue weighted by molar-refractivity contribution is -0.116. The summed E-state index contributed by atoms with van der Waals surface area (Å²) in [6.45, 7) is 0.735. The van der Waals surface area contributed by atoms with Crippen molar-refractivity contribution in [3.63, 3.8) is 0 Å². The third-order valence-corrected chi connectivity index (χ3v) is 5.14. The summed E-state index contributed by atoms with van der Waals surface area (Å²) in [4.78, 5) is 18.7. The maximum Gasteiger partial charge on any atom is 0.257 e. The number of nitrogens with zero attached hydrogens (tertiary/aromatic N) is 2. The van der Waals surface area contributed by atoms with E-state index >= 15 is 0 Å². The Morgan fingerprint density at radius 3 is 3.04 bits per heavy atom. The number of benzene rings is 2. The molecule has 0 unspecified atom stereocenters. The molecular weight excluding hydrogens is 376 g/mol. The lowest BCUT2D eigenvalue weighted by Gasteiger charge is -2.16. The van der Waals surface area contributed by atoms with Crippen LogP contribution in [0.25, 0.3) is 11.1 Å². The van der Waals surface area contributed by atoms with Gasteiger partial charge in [0.2, 0.25) is 5.91 Å². The largest absolute Gasteiger partial charge is 0.431 e. The predicted molar refractivity (Wildman–Crippen MR) is 94.9 cm³/mol. The molecule has 0 saturated heterocycles. The average molecular weight is 389 g/mol. The van der Waals surface area contributed by atoms with Gasteiger partial charge in [-0.1, -0.05) is 39.8 Å². The number of carbonyl (C=O) groups excluding carboxylic acids is 1. The van der Waals surface area contributed by atoms with E-state index in [0.717, 1.165) is 34.2 Å². The Morgan fingerprint density at radius 2 is 2.17 bits per heavy atom. The fourth-order valence-electron chi connectivity index (χ4n) is 2.74. The fourth-order valence-corrected chi connectivity index (χ4v) is 3.87. The number of amides is 1. The number of fused-ring (bicyclic) bond motifs is 2. The van der Waals surface area contributed by atoms with Crippen LogP contribution in [0.5, 0.6) is 0 Å². The van der Waals surface area contributed by atoms with Gasteiger partial charge in [-0.25, -0.2) is 4.98 Å². The van der Waals surface area contributed by atoms with Gasteiger partial charge in [0.1, 0.15) is 5.52 Å². The Morgan fingerprint density at radius 1 is 1.30 bits per heavy atom. The number of hydrogen-bond acceptors (Lipinski definition) is 4. The molecule has 3 aromatic rings. The molecule has 2 aromatic carbocycles. The standard InChI is InChI=1S/C17H13BrN2O2S/c18-12-5-6-14-11(9-12)7-8-20(14)16(21)10-23-17-19-13-3-1-2-4-15(13)22-17/h1-6,9H,7-8,10H2. The van der Waals surface area contributed by atoms with Gasteiger partial charge < -0.3 is 9.32 Å². The minimum atomic E-state index is 0.0818. The van der Waals surface area contributed by atoms with Gasteiger partial charge >= 0.3 is 0 Å². The number of para-hydroxylation sites is 2. The maximum absolute atomic E-state index is 12.5. The quantitative estimate of drug-likeness (QED) is 0.628. The third kappa shape index (κ3) is 2.88. The highest BCUT2D eigenvalue weighted by Gasteiger charge is 2.25. The molecule has 4 nitrogen and oxygen atoms in total. The van der Waals surface area contributed by atoms with E-state index in [1.807, 2.05) is 41.3 Å². The average Bonchev–Trinajstić information content (AvgIpc) is 3.15. The van der Waals surface area contributed by atoms with Gasteiger partial charge in [0, 0.05) is 16.7 Å². The second kappa shape index (κ2) is 6.02. The summed E-state index contributed by atoms with van der Waals surface area (Å²) in [5.74, 6) is 0.404. The van der Waals surface area contributed by atoms with E-state index in [-0.39, 0.29) is 5.91 Å². The first-order valence-corrected chi connectivity index (χ1v) is 9.06. The molecular formula is C17H13BrN2O2S. The number of carbonyl (C=O) groups is 1. The zero-order valence-electron chi connectivity index (χ0n) is 12.2. The van der Waals surface area contributed by atoms with Gasteiger partial charge in [0.25, 0.3) is 5.22 Å². The van der Waals surface area contributed by atoms with Crippen molar-refractivity contribution in [2.75, 3.05) is 17.2 Å². The molecule has 0 atom stereocenters. The summed E-state index contributed by atoms with van der Waals surface area (Å²) in [6, 6.07) is 13.7. The molecule has 0 bridgehead atoms. The Balaban J connectivity index is 1.47. The molecule has 1 aliphatic rings. The number of rotatable bonds is 3. The van der Waals surface area contributed by atoms with Gasteiger partial charge in [-0.05, 0) is 42.3 Å². The lowest BCUT2D eigenvalue weighted by Crippen LogP contribution is -2.30. The van der Waals surface area contributed by atoms with Crippen LogP contribution in [-0.2, 0) is 11.2 Å². The van der Waals surface area contributed by atoms with Crippen LogP contribution in [0.2, 0.25) is 0 Å². The molecule has 1 amide bonds. The summed E-state index contributed by atoms with van der Waals surface area (Å²) in [6.07, 6.45) is 0.897.